The van der Waals surface area contributed by atoms with E-state index < -0.39 is 16.4 Å². The lowest BCUT2D eigenvalue weighted by Crippen LogP contribution is -2.50. The fourth-order valence-corrected chi connectivity index (χ4v) is 2.33. The predicted octanol–water partition coefficient (Wildman–Crippen LogP) is 1.95. The van der Waals surface area contributed by atoms with Crippen molar-refractivity contribution in [3.8, 4) is 0 Å². The van der Waals surface area contributed by atoms with Crippen LogP contribution in [0.3, 0.4) is 0 Å². The molecular formula is C13H16N2O5. The molecule has 0 amide bonds. The number of nitrogens with one attached hydrogen (secondary N) is 1. The Kier molecular flexibility index (Phi) is 3.89. The number of nitro benzene ring substituents is 1. The predicted molar refractivity (Wildman–Crippen MR) is 71.9 cm³/mol. The lowest BCUT2D eigenvalue weighted by Gasteiger charge is -2.34. The third-order valence-electron chi connectivity index (χ3n) is 3.53. The van der Waals surface area contributed by atoms with Crippen LogP contribution in [-0.2, 0) is 9.53 Å². The summed E-state index contributed by atoms with van der Waals surface area (Å²) in [5, 5.41) is 23.2. The van der Waals surface area contributed by atoms with Crippen molar-refractivity contribution in [2.45, 2.75) is 25.3 Å². The van der Waals surface area contributed by atoms with Gasteiger partial charge < -0.3 is 15.2 Å². The highest BCUT2D eigenvalue weighted by atomic mass is 16.6. The van der Waals surface area contributed by atoms with E-state index in [4.69, 9.17) is 4.74 Å². The zero-order valence-electron chi connectivity index (χ0n) is 11.1. The second-order valence-electron chi connectivity index (χ2n) is 4.88. The van der Waals surface area contributed by atoms with Gasteiger partial charge in [-0.15, -0.1) is 0 Å². The number of carboxylic acids is 1. The van der Waals surface area contributed by atoms with Gasteiger partial charge in [-0.3, -0.25) is 10.1 Å². The first kappa shape index (κ1) is 14.3. The number of hydrogen-bond acceptors (Lipinski definition) is 5. The summed E-state index contributed by atoms with van der Waals surface area (Å²) in [5.74, 6) is -0.934. The van der Waals surface area contributed by atoms with E-state index in [0.717, 1.165) is 0 Å². The van der Waals surface area contributed by atoms with E-state index in [-0.39, 0.29) is 5.69 Å². The maximum Gasteiger partial charge on any atom is 0.329 e. The number of ether oxygens (including phenoxy) is 1. The molecule has 0 bridgehead atoms. The first-order valence-electron chi connectivity index (χ1n) is 6.29. The second-order valence-corrected chi connectivity index (χ2v) is 4.88. The maximum atomic E-state index is 11.5. The number of nitrogens with zero attached hydrogens (tertiary/aromatic N) is 1. The summed E-state index contributed by atoms with van der Waals surface area (Å²) < 4.78 is 5.19. The van der Waals surface area contributed by atoms with Crippen molar-refractivity contribution in [3.05, 3.63) is 33.9 Å². The summed E-state index contributed by atoms with van der Waals surface area (Å²) in [7, 11) is 0. The summed E-state index contributed by atoms with van der Waals surface area (Å²) in [6.45, 7) is 2.39. The molecule has 1 heterocycles. The minimum Gasteiger partial charge on any atom is -0.480 e. The summed E-state index contributed by atoms with van der Waals surface area (Å²) in [6.07, 6.45) is 0.719. The third-order valence-corrected chi connectivity index (χ3v) is 3.53. The molecule has 0 aliphatic carbocycles. The molecular weight excluding hydrogens is 264 g/mol. The van der Waals surface area contributed by atoms with Crippen LogP contribution in [0, 0.1) is 17.0 Å². The molecule has 7 heteroatoms. The van der Waals surface area contributed by atoms with Crippen LogP contribution in [0.25, 0.3) is 0 Å². The van der Waals surface area contributed by atoms with E-state index >= 15 is 0 Å². The summed E-state index contributed by atoms with van der Waals surface area (Å²) in [6, 6.07) is 4.51. The molecule has 1 saturated heterocycles. The van der Waals surface area contributed by atoms with Crippen LogP contribution < -0.4 is 5.32 Å². The Morgan fingerprint density at radius 2 is 2.10 bits per heavy atom. The van der Waals surface area contributed by atoms with Crippen LogP contribution >= 0.6 is 0 Å². The molecule has 0 atom stereocenters. The first-order chi connectivity index (χ1) is 9.44. The molecule has 0 spiro atoms. The molecule has 1 aliphatic rings. The van der Waals surface area contributed by atoms with Crippen molar-refractivity contribution in [3.63, 3.8) is 0 Å². The molecule has 108 valence electrons. The van der Waals surface area contributed by atoms with Crippen LogP contribution in [-0.4, -0.2) is 34.8 Å². The quantitative estimate of drug-likeness (QED) is 0.645. The molecule has 0 unspecified atom stereocenters. The molecule has 0 aromatic heterocycles. The minimum atomic E-state index is -1.07. The van der Waals surface area contributed by atoms with Gasteiger partial charge in [0.25, 0.3) is 5.69 Å². The minimum absolute atomic E-state index is 0.0203. The van der Waals surface area contributed by atoms with Crippen molar-refractivity contribution in [1.29, 1.82) is 0 Å². The van der Waals surface area contributed by atoms with Crippen molar-refractivity contribution in [2.24, 2.45) is 0 Å². The SMILES string of the molecule is Cc1cc(NC2(C(=O)O)CCOCC2)ccc1[N+](=O)[O-]. The maximum absolute atomic E-state index is 11.5. The van der Waals surface area contributed by atoms with Crippen molar-refractivity contribution < 1.29 is 19.6 Å². The van der Waals surface area contributed by atoms with Crippen molar-refractivity contribution in [1.82, 2.24) is 0 Å². The molecule has 1 aromatic carbocycles. The number of carboxylic acid groups (broad SMARTS) is 1. The number of hydrogen-bond donors (Lipinski definition) is 2. The van der Waals surface area contributed by atoms with Gasteiger partial charge in [-0.2, -0.15) is 0 Å². The highest BCUT2D eigenvalue weighted by Crippen LogP contribution is 2.29. The third kappa shape index (κ3) is 2.72. The van der Waals surface area contributed by atoms with Gasteiger partial charge >= 0.3 is 5.97 Å². The Bertz CT molecular complexity index is 538. The van der Waals surface area contributed by atoms with Gasteiger partial charge in [0.05, 0.1) is 4.92 Å². The molecule has 20 heavy (non-hydrogen) atoms. The summed E-state index contributed by atoms with van der Waals surface area (Å²) in [4.78, 5) is 21.8. The van der Waals surface area contributed by atoms with E-state index in [9.17, 15) is 20.0 Å². The highest BCUT2D eigenvalue weighted by molar-refractivity contribution is 5.83. The van der Waals surface area contributed by atoms with Crippen molar-refractivity contribution in [2.75, 3.05) is 18.5 Å². The molecule has 1 aliphatic heterocycles. The van der Waals surface area contributed by atoms with Crippen LogP contribution in [0.5, 0.6) is 0 Å². The van der Waals surface area contributed by atoms with Gasteiger partial charge in [0, 0.05) is 43.4 Å². The number of aliphatic carboxylic acids is 1. The van der Waals surface area contributed by atoms with Crippen LogP contribution in [0.2, 0.25) is 0 Å². The van der Waals surface area contributed by atoms with Crippen LogP contribution in [0.15, 0.2) is 18.2 Å². The fourth-order valence-electron chi connectivity index (χ4n) is 2.33. The van der Waals surface area contributed by atoms with E-state index in [0.29, 0.717) is 37.3 Å². The van der Waals surface area contributed by atoms with Crippen LogP contribution in [0.4, 0.5) is 11.4 Å². The summed E-state index contributed by atoms with van der Waals surface area (Å²) in [5.41, 5.74) is 0.0118. The summed E-state index contributed by atoms with van der Waals surface area (Å²) >= 11 is 0. The average Bonchev–Trinajstić information content (AvgIpc) is 2.39. The molecule has 2 N–H and O–H groups in total. The van der Waals surface area contributed by atoms with E-state index in [1.807, 2.05) is 0 Å². The molecule has 1 fully saturated rings. The lowest BCUT2D eigenvalue weighted by molar-refractivity contribution is -0.385. The molecule has 0 saturated carbocycles. The van der Waals surface area contributed by atoms with Gasteiger partial charge in [-0.25, -0.2) is 4.79 Å². The van der Waals surface area contributed by atoms with Gasteiger partial charge in [-0.1, -0.05) is 0 Å². The first-order valence-corrected chi connectivity index (χ1v) is 6.29. The largest absolute Gasteiger partial charge is 0.480 e. The topological polar surface area (TPSA) is 102 Å². The normalized spacial score (nSPS) is 17.4. The van der Waals surface area contributed by atoms with E-state index in [1.54, 1.807) is 13.0 Å². The zero-order chi connectivity index (χ0) is 14.8. The Hall–Kier alpha value is -2.15. The smallest absolute Gasteiger partial charge is 0.329 e. The number of benzene rings is 1. The monoisotopic (exact) mass is 280 g/mol. The highest BCUT2D eigenvalue weighted by Gasteiger charge is 2.40. The standard InChI is InChI=1S/C13H16N2O5/c1-9-8-10(2-3-11(9)15(18)19)14-13(12(16)17)4-6-20-7-5-13/h2-3,8,14H,4-7H2,1H3,(H,16,17). The number of nitro groups is 1. The number of carbonyl (C=O) groups is 1. The van der Waals surface area contributed by atoms with Crippen molar-refractivity contribution >= 4 is 17.3 Å². The van der Waals surface area contributed by atoms with Gasteiger partial charge in [0.2, 0.25) is 0 Å². The van der Waals surface area contributed by atoms with Crippen LogP contribution in [0.1, 0.15) is 18.4 Å². The Balaban J connectivity index is 2.25. The van der Waals surface area contributed by atoms with Gasteiger partial charge in [-0.05, 0) is 19.1 Å². The molecule has 0 radical (unpaired) electrons. The average molecular weight is 280 g/mol. The number of aryl methyl sites for hydroxylation is 1. The number of anilines is 1. The molecule has 7 nitrogen and oxygen atoms in total. The van der Waals surface area contributed by atoms with E-state index in [1.165, 1.54) is 12.1 Å². The second kappa shape index (κ2) is 5.46. The zero-order valence-corrected chi connectivity index (χ0v) is 11.1. The van der Waals surface area contributed by atoms with Gasteiger partial charge in [0.1, 0.15) is 5.54 Å². The lowest BCUT2D eigenvalue weighted by atomic mass is 9.89. The van der Waals surface area contributed by atoms with E-state index in [2.05, 4.69) is 5.32 Å². The number of rotatable bonds is 4. The molecule has 2 rings (SSSR count). The Labute approximate surface area is 115 Å². The fraction of sp³-hybridized carbons (Fsp3) is 0.462. The van der Waals surface area contributed by atoms with Gasteiger partial charge in [0.15, 0.2) is 0 Å². The Morgan fingerprint density at radius 1 is 1.45 bits per heavy atom. The molecule has 1 aromatic rings. The Morgan fingerprint density at radius 3 is 2.60 bits per heavy atom.